The SMILES string of the molecule is Cc1c(-c2cn[nH]c2)cnc(N2CCCC(F)(F)CC2)c1C(=O)Nc1cccc(S(C)(=N)=O)c1. The third-order valence-electron chi connectivity index (χ3n) is 5.91. The first-order valence-electron chi connectivity index (χ1n) is 10.8. The number of carbonyl (C=O) groups excluding carboxylic acids is 1. The third kappa shape index (κ3) is 5.09. The normalized spacial score (nSPS) is 17.6. The van der Waals surface area contributed by atoms with E-state index in [0.717, 1.165) is 5.56 Å². The summed E-state index contributed by atoms with van der Waals surface area (Å²) in [5.41, 5.74) is 2.73. The average molecular weight is 489 g/mol. The van der Waals surface area contributed by atoms with Gasteiger partial charge in [-0.15, -0.1) is 0 Å². The topological polar surface area (TPSA) is 115 Å². The molecular weight excluding hydrogens is 462 g/mol. The molecule has 1 aliphatic heterocycles. The number of halogens is 2. The second-order valence-corrected chi connectivity index (χ2v) is 10.7. The van der Waals surface area contributed by atoms with Crippen LogP contribution in [-0.2, 0) is 9.73 Å². The Morgan fingerprint density at radius 2 is 2.06 bits per heavy atom. The molecule has 0 radical (unpaired) electrons. The Kier molecular flexibility index (Phi) is 6.39. The molecule has 2 aromatic heterocycles. The van der Waals surface area contributed by atoms with E-state index in [1.54, 1.807) is 48.6 Å². The van der Waals surface area contributed by atoms with Crippen molar-refractivity contribution in [1.82, 2.24) is 15.2 Å². The number of pyridine rings is 1. The highest BCUT2D eigenvalue weighted by Crippen LogP contribution is 2.34. The van der Waals surface area contributed by atoms with Crippen molar-refractivity contribution in [3.63, 3.8) is 0 Å². The molecule has 0 saturated carbocycles. The van der Waals surface area contributed by atoms with Crippen molar-refractivity contribution in [2.75, 3.05) is 29.6 Å². The highest BCUT2D eigenvalue weighted by molar-refractivity contribution is 7.91. The summed E-state index contributed by atoms with van der Waals surface area (Å²) in [6.07, 6.45) is 6.02. The highest BCUT2D eigenvalue weighted by Gasteiger charge is 2.33. The molecule has 1 saturated heterocycles. The molecule has 1 unspecified atom stereocenters. The average Bonchev–Trinajstić information content (AvgIpc) is 3.23. The monoisotopic (exact) mass is 488 g/mol. The molecular formula is C23H26F2N6O2S. The number of hydrogen-bond donors (Lipinski definition) is 3. The van der Waals surface area contributed by atoms with E-state index >= 15 is 0 Å². The number of carbonyl (C=O) groups is 1. The Morgan fingerprint density at radius 3 is 2.76 bits per heavy atom. The predicted octanol–water partition coefficient (Wildman–Crippen LogP) is 4.69. The van der Waals surface area contributed by atoms with Crippen LogP contribution in [0.5, 0.6) is 0 Å². The van der Waals surface area contributed by atoms with E-state index in [1.807, 2.05) is 0 Å². The molecule has 11 heteroatoms. The van der Waals surface area contributed by atoms with Crippen LogP contribution < -0.4 is 10.2 Å². The van der Waals surface area contributed by atoms with Crippen LogP contribution in [0.3, 0.4) is 0 Å². The summed E-state index contributed by atoms with van der Waals surface area (Å²) in [4.78, 5) is 20.1. The van der Waals surface area contributed by atoms with Crippen LogP contribution in [0.2, 0.25) is 0 Å². The molecule has 1 amide bonds. The predicted molar refractivity (Wildman–Crippen MR) is 127 cm³/mol. The Labute approximate surface area is 196 Å². The number of nitrogens with one attached hydrogen (secondary N) is 3. The summed E-state index contributed by atoms with van der Waals surface area (Å²) in [6.45, 7) is 2.23. The number of rotatable bonds is 5. The minimum atomic E-state index is -2.96. The van der Waals surface area contributed by atoms with Gasteiger partial charge in [-0.25, -0.2) is 22.8 Å². The Morgan fingerprint density at radius 1 is 1.26 bits per heavy atom. The van der Waals surface area contributed by atoms with Gasteiger partial charge in [-0.05, 0) is 37.1 Å². The zero-order chi connectivity index (χ0) is 24.5. The number of nitrogens with zero attached hydrogens (tertiary/aromatic N) is 3. The number of anilines is 2. The molecule has 3 N–H and O–H groups in total. The molecule has 1 aliphatic rings. The molecule has 1 atom stereocenters. The summed E-state index contributed by atoms with van der Waals surface area (Å²) in [6, 6.07) is 6.33. The van der Waals surface area contributed by atoms with Gasteiger partial charge in [0.15, 0.2) is 0 Å². The molecule has 0 aliphatic carbocycles. The number of hydrogen-bond acceptors (Lipinski definition) is 6. The van der Waals surface area contributed by atoms with Gasteiger partial charge in [-0.2, -0.15) is 5.10 Å². The third-order valence-corrected chi connectivity index (χ3v) is 7.07. The largest absolute Gasteiger partial charge is 0.356 e. The number of aromatic amines is 1. The van der Waals surface area contributed by atoms with Crippen LogP contribution in [-0.4, -0.2) is 50.6 Å². The van der Waals surface area contributed by atoms with E-state index in [-0.39, 0.29) is 31.4 Å². The fourth-order valence-corrected chi connectivity index (χ4v) is 4.77. The van der Waals surface area contributed by atoms with Crippen molar-refractivity contribution in [3.8, 4) is 11.1 Å². The van der Waals surface area contributed by atoms with Gasteiger partial charge in [0, 0.05) is 66.3 Å². The number of aromatic nitrogens is 3. The second kappa shape index (κ2) is 9.13. The maximum atomic E-state index is 14.0. The van der Waals surface area contributed by atoms with Gasteiger partial charge in [0.1, 0.15) is 5.82 Å². The minimum absolute atomic E-state index is 0.0804. The lowest BCUT2D eigenvalue weighted by Gasteiger charge is -2.26. The number of alkyl halides is 2. The van der Waals surface area contributed by atoms with Crippen molar-refractivity contribution >= 4 is 27.1 Å². The lowest BCUT2D eigenvalue weighted by Crippen LogP contribution is -2.30. The molecule has 3 heterocycles. The van der Waals surface area contributed by atoms with E-state index in [1.165, 1.54) is 12.3 Å². The van der Waals surface area contributed by atoms with Crippen molar-refractivity contribution in [2.45, 2.75) is 37.0 Å². The molecule has 0 spiro atoms. The molecule has 1 aromatic carbocycles. The summed E-state index contributed by atoms with van der Waals surface area (Å²) >= 11 is 0. The van der Waals surface area contributed by atoms with Gasteiger partial charge in [0.25, 0.3) is 5.91 Å². The molecule has 34 heavy (non-hydrogen) atoms. The molecule has 1 fully saturated rings. The van der Waals surface area contributed by atoms with Crippen LogP contribution in [0.25, 0.3) is 11.1 Å². The zero-order valence-corrected chi connectivity index (χ0v) is 19.7. The summed E-state index contributed by atoms with van der Waals surface area (Å²) in [5, 5.41) is 9.51. The van der Waals surface area contributed by atoms with Gasteiger partial charge in [0.2, 0.25) is 5.92 Å². The molecule has 4 rings (SSSR count). The van der Waals surface area contributed by atoms with Gasteiger partial charge in [-0.1, -0.05) is 6.07 Å². The minimum Gasteiger partial charge on any atom is -0.356 e. The first-order chi connectivity index (χ1) is 16.0. The second-order valence-electron chi connectivity index (χ2n) is 8.50. The maximum Gasteiger partial charge on any atom is 0.259 e. The van der Waals surface area contributed by atoms with Crippen molar-refractivity contribution in [3.05, 3.63) is 54.0 Å². The van der Waals surface area contributed by atoms with Crippen LogP contribution in [0, 0.1) is 11.7 Å². The molecule has 0 bridgehead atoms. The van der Waals surface area contributed by atoms with Crippen LogP contribution in [0.1, 0.15) is 35.2 Å². The van der Waals surface area contributed by atoms with Gasteiger partial charge >= 0.3 is 0 Å². The highest BCUT2D eigenvalue weighted by atomic mass is 32.2. The molecule has 3 aromatic rings. The molecule has 180 valence electrons. The van der Waals surface area contributed by atoms with Crippen LogP contribution in [0.4, 0.5) is 20.3 Å². The summed E-state index contributed by atoms with van der Waals surface area (Å²) in [7, 11) is -2.96. The fourth-order valence-electron chi connectivity index (χ4n) is 4.08. The van der Waals surface area contributed by atoms with Gasteiger partial charge in [-0.3, -0.25) is 9.89 Å². The van der Waals surface area contributed by atoms with E-state index < -0.39 is 21.6 Å². The molecule has 8 nitrogen and oxygen atoms in total. The van der Waals surface area contributed by atoms with Gasteiger partial charge in [0.05, 0.1) is 21.5 Å². The van der Waals surface area contributed by atoms with Crippen LogP contribution in [0.15, 0.2) is 47.8 Å². The van der Waals surface area contributed by atoms with Crippen molar-refractivity contribution < 1.29 is 17.8 Å². The van der Waals surface area contributed by atoms with E-state index in [9.17, 15) is 17.8 Å². The zero-order valence-electron chi connectivity index (χ0n) is 18.9. The first kappa shape index (κ1) is 23.8. The van der Waals surface area contributed by atoms with Gasteiger partial charge < -0.3 is 10.2 Å². The fraction of sp³-hybridized carbons (Fsp3) is 0.348. The van der Waals surface area contributed by atoms with E-state index in [0.29, 0.717) is 34.1 Å². The smallest absolute Gasteiger partial charge is 0.259 e. The van der Waals surface area contributed by atoms with Crippen LogP contribution >= 0.6 is 0 Å². The quantitative estimate of drug-likeness (QED) is 0.482. The van der Waals surface area contributed by atoms with E-state index in [2.05, 4.69) is 20.5 Å². The Hall–Kier alpha value is -3.34. The van der Waals surface area contributed by atoms with E-state index in [4.69, 9.17) is 4.78 Å². The number of H-pyrrole nitrogens is 1. The first-order valence-corrected chi connectivity index (χ1v) is 12.8. The van der Waals surface area contributed by atoms with Crippen molar-refractivity contribution in [2.24, 2.45) is 0 Å². The number of benzene rings is 1. The Balaban J connectivity index is 1.75. The lowest BCUT2D eigenvalue weighted by atomic mass is 9.99. The standard InChI is InChI=1S/C23H26F2N6O2S/c1-15-19(16-12-28-29-13-16)14-27-21(31-9-4-7-23(24,25)8-10-31)20(15)22(32)30-17-5-3-6-18(11-17)34(2,26)33/h3,5-6,11-14,26H,4,7-10H2,1-2H3,(H,28,29)(H,30,32). The summed E-state index contributed by atoms with van der Waals surface area (Å²) in [5.74, 6) is -2.87. The summed E-state index contributed by atoms with van der Waals surface area (Å²) < 4.78 is 47.9. The number of amides is 1. The lowest BCUT2D eigenvalue weighted by molar-refractivity contribution is -0.0102. The Bertz CT molecular complexity index is 1310. The maximum absolute atomic E-state index is 14.0. The van der Waals surface area contributed by atoms with Crippen molar-refractivity contribution in [1.29, 1.82) is 4.78 Å².